The molecule has 2 aromatic rings. The van der Waals surface area contributed by atoms with Crippen molar-refractivity contribution in [1.82, 2.24) is 0 Å². The van der Waals surface area contributed by atoms with Crippen molar-refractivity contribution in [2.75, 3.05) is 14.2 Å². The lowest BCUT2D eigenvalue weighted by atomic mass is 10.1. The Morgan fingerprint density at radius 3 is 2.33 bits per heavy atom. The Morgan fingerprint density at radius 1 is 1.05 bits per heavy atom. The van der Waals surface area contributed by atoms with Crippen LogP contribution in [-0.4, -0.2) is 20.2 Å². The summed E-state index contributed by atoms with van der Waals surface area (Å²) in [6, 6.07) is 13.2. The number of carbonyl (C=O) groups excluding carboxylic acids is 1. The molecular weight excluding hydrogens is 268 g/mol. The Morgan fingerprint density at radius 2 is 1.71 bits per heavy atom. The van der Waals surface area contributed by atoms with E-state index < -0.39 is 5.97 Å². The summed E-state index contributed by atoms with van der Waals surface area (Å²) >= 11 is 0. The fraction of sp³-hybridized carbons (Fsp3) is 0.235. The highest BCUT2D eigenvalue weighted by Crippen LogP contribution is 2.30. The molecule has 2 rings (SSSR count). The van der Waals surface area contributed by atoms with Crippen LogP contribution in [0.1, 0.15) is 21.5 Å². The maximum absolute atomic E-state index is 11.7. The van der Waals surface area contributed by atoms with Crippen LogP contribution in [-0.2, 0) is 11.3 Å². The number of hydrogen-bond acceptors (Lipinski definition) is 4. The van der Waals surface area contributed by atoms with Gasteiger partial charge in [0.1, 0.15) is 18.1 Å². The highest BCUT2D eigenvalue weighted by Gasteiger charge is 2.14. The summed E-state index contributed by atoms with van der Waals surface area (Å²) in [5.74, 6) is 0.789. The third-order valence-electron chi connectivity index (χ3n) is 3.19. The number of esters is 1. The predicted octanol–water partition coefficient (Wildman–Crippen LogP) is 3.37. The minimum atomic E-state index is -0.419. The topological polar surface area (TPSA) is 44.8 Å². The standard InChI is InChI=1S/C17H18O4/c1-12-15(19-2)9-14(17(18)20-3)10-16(12)21-11-13-7-5-4-6-8-13/h4-10H,11H2,1-3H3. The van der Waals surface area contributed by atoms with Crippen molar-refractivity contribution in [2.24, 2.45) is 0 Å². The molecule has 110 valence electrons. The van der Waals surface area contributed by atoms with Crippen LogP contribution < -0.4 is 9.47 Å². The van der Waals surface area contributed by atoms with Gasteiger partial charge in [0.05, 0.1) is 19.8 Å². The predicted molar refractivity (Wildman–Crippen MR) is 79.8 cm³/mol. The molecule has 0 unspecified atom stereocenters. The average molecular weight is 286 g/mol. The van der Waals surface area contributed by atoms with Crippen LogP contribution in [0.3, 0.4) is 0 Å². The van der Waals surface area contributed by atoms with E-state index in [1.54, 1.807) is 19.2 Å². The highest BCUT2D eigenvalue weighted by molar-refractivity contribution is 5.90. The molecule has 0 saturated heterocycles. The Balaban J connectivity index is 2.27. The maximum atomic E-state index is 11.7. The van der Waals surface area contributed by atoms with Gasteiger partial charge in [-0.1, -0.05) is 30.3 Å². The second-order valence-electron chi connectivity index (χ2n) is 4.57. The second-order valence-corrected chi connectivity index (χ2v) is 4.57. The largest absolute Gasteiger partial charge is 0.496 e. The first-order valence-electron chi connectivity index (χ1n) is 6.59. The van der Waals surface area contributed by atoms with Gasteiger partial charge in [0, 0.05) is 5.56 Å². The smallest absolute Gasteiger partial charge is 0.338 e. The van der Waals surface area contributed by atoms with Gasteiger partial charge in [0.25, 0.3) is 0 Å². The lowest BCUT2D eigenvalue weighted by Crippen LogP contribution is -2.05. The van der Waals surface area contributed by atoms with Crippen LogP contribution >= 0.6 is 0 Å². The Kier molecular flexibility index (Phi) is 4.82. The van der Waals surface area contributed by atoms with Crippen LogP contribution in [0.4, 0.5) is 0 Å². The molecule has 0 amide bonds. The van der Waals surface area contributed by atoms with Gasteiger partial charge in [0.2, 0.25) is 0 Å². The van der Waals surface area contributed by atoms with Crippen LogP contribution in [0.2, 0.25) is 0 Å². The van der Waals surface area contributed by atoms with Gasteiger partial charge in [0.15, 0.2) is 0 Å². The summed E-state index contributed by atoms with van der Waals surface area (Å²) in [6.45, 7) is 2.32. The second kappa shape index (κ2) is 6.79. The van der Waals surface area contributed by atoms with E-state index in [1.165, 1.54) is 7.11 Å². The normalized spacial score (nSPS) is 10.0. The van der Waals surface area contributed by atoms with Crippen molar-refractivity contribution in [3.05, 3.63) is 59.2 Å². The molecule has 0 radical (unpaired) electrons. The number of carbonyl (C=O) groups is 1. The summed E-state index contributed by atoms with van der Waals surface area (Å²) in [5.41, 5.74) is 2.31. The molecule has 0 aliphatic carbocycles. The van der Waals surface area contributed by atoms with Crippen molar-refractivity contribution in [2.45, 2.75) is 13.5 Å². The van der Waals surface area contributed by atoms with Crippen molar-refractivity contribution < 1.29 is 19.0 Å². The number of hydrogen-bond donors (Lipinski definition) is 0. The summed E-state index contributed by atoms with van der Waals surface area (Å²) in [7, 11) is 2.91. The average Bonchev–Trinajstić information content (AvgIpc) is 2.54. The summed E-state index contributed by atoms with van der Waals surface area (Å²) in [6.07, 6.45) is 0. The summed E-state index contributed by atoms with van der Waals surface area (Å²) in [4.78, 5) is 11.7. The highest BCUT2D eigenvalue weighted by atomic mass is 16.5. The van der Waals surface area contributed by atoms with Crippen LogP contribution in [0.5, 0.6) is 11.5 Å². The molecular formula is C17H18O4. The summed E-state index contributed by atoms with van der Waals surface area (Å²) in [5, 5.41) is 0. The molecule has 0 saturated carbocycles. The van der Waals surface area contributed by atoms with Gasteiger partial charge >= 0.3 is 5.97 Å². The van der Waals surface area contributed by atoms with Crippen LogP contribution in [0.15, 0.2) is 42.5 Å². The fourth-order valence-electron chi connectivity index (χ4n) is 2.00. The Hall–Kier alpha value is -2.49. The number of methoxy groups -OCH3 is 2. The SMILES string of the molecule is COC(=O)c1cc(OC)c(C)c(OCc2ccccc2)c1. The third kappa shape index (κ3) is 3.54. The van der Waals surface area contributed by atoms with Gasteiger partial charge in [-0.2, -0.15) is 0 Å². The van der Waals surface area contributed by atoms with Gasteiger partial charge in [-0.3, -0.25) is 0 Å². The Bertz CT molecular complexity index is 620. The molecule has 0 aromatic heterocycles. The molecule has 0 heterocycles. The molecule has 0 spiro atoms. The molecule has 0 aliphatic rings. The van der Waals surface area contributed by atoms with E-state index in [4.69, 9.17) is 14.2 Å². The van der Waals surface area contributed by atoms with Crippen molar-refractivity contribution >= 4 is 5.97 Å². The Labute approximate surface area is 124 Å². The first-order chi connectivity index (χ1) is 10.2. The molecule has 0 bridgehead atoms. The number of benzene rings is 2. The van der Waals surface area contributed by atoms with E-state index in [9.17, 15) is 4.79 Å². The monoisotopic (exact) mass is 286 g/mol. The van der Waals surface area contributed by atoms with Gasteiger partial charge in [-0.05, 0) is 24.6 Å². The molecule has 0 fully saturated rings. The van der Waals surface area contributed by atoms with Gasteiger partial charge < -0.3 is 14.2 Å². The molecule has 0 aliphatic heterocycles. The van der Waals surface area contributed by atoms with E-state index in [2.05, 4.69) is 0 Å². The van der Waals surface area contributed by atoms with E-state index in [-0.39, 0.29) is 0 Å². The van der Waals surface area contributed by atoms with E-state index in [0.29, 0.717) is 23.7 Å². The molecule has 4 heteroatoms. The zero-order valence-corrected chi connectivity index (χ0v) is 12.4. The van der Waals surface area contributed by atoms with Crippen molar-refractivity contribution in [3.8, 4) is 11.5 Å². The lowest BCUT2D eigenvalue weighted by Gasteiger charge is -2.14. The molecule has 21 heavy (non-hydrogen) atoms. The first-order valence-corrected chi connectivity index (χ1v) is 6.59. The molecule has 4 nitrogen and oxygen atoms in total. The molecule has 0 N–H and O–H groups in total. The van der Waals surface area contributed by atoms with Crippen LogP contribution in [0, 0.1) is 6.92 Å². The first kappa shape index (κ1) is 14.9. The zero-order valence-electron chi connectivity index (χ0n) is 12.4. The minimum Gasteiger partial charge on any atom is -0.496 e. The van der Waals surface area contributed by atoms with E-state index in [0.717, 1.165) is 11.1 Å². The molecule has 0 atom stereocenters. The molecule has 2 aromatic carbocycles. The quantitative estimate of drug-likeness (QED) is 0.790. The third-order valence-corrected chi connectivity index (χ3v) is 3.19. The van der Waals surface area contributed by atoms with Gasteiger partial charge in [-0.25, -0.2) is 4.79 Å². The zero-order chi connectivity index (χ0) is 15.2. The lowest BCUT2D eigenvalue weighted by molar-refractivity contribution is 0.0599. The van der Waals surface area contributed by atoms with Gasteiger partial charge in [-0.15, -0.1) is 0 Å². The van der Waals surface area contributed by atoms with E-state index >= 15 is 0 Å². The number of ether oxygens (including phenoxy) is 3. The van der Waals surface area contributed by atoms with Crippen LogP contribution in [0.25, 0.3) is 0 Å². The number of rotatable bonds is 5. The van der Waals surface area contributed by atoms with Crippen molar-refractivity contribution in [1.29, 1.82) is 0 Å². The van der Waals surface area contributed by atoms with Crippen molar-refractivity contribution in [3.63, 3.8) is 0 Å². The maximum Gasteiger partial charge on any atom is 0.338 e. The summed E-state index contributed by atoms with van der Waals surface area (Å²) < 4.78 is 15.8. The minimum absolute atomic E-state index is 0.406. The fourth-order valence-corrected chi connectivity index (χ4v) is 2.00. The van der Waals surface area contributed by atoms with E-state index in [1.807, 2.05) is 37.3 Å².